The van der Waals surface area contributed by atoms with Crippen molar-refractivity contribution in [3.63, 3.8) is 0 Å². The van der Waals surface area contributed by atoms with Crippen molar-refractivity contribution in [2.24, 2.45) is 0 Å². The molecule has 0 aliphatic heterocycles. The number of unbranched alkanes of at least 4 members (excludes halogenated alkanes) is 1. The molecule has 1 aromatic carbocycles. The number of aliphatic carboxylic acids is 1. The lowest BCUT2D eigenvalue weighted by Crippen LogP contribution is -2.35. The lowest BCUT2D eigenvalue weighted by molar-refractivity contribution is -0.385. The third kappa shape index (κ3) is 6.37. The molecule has 0 unspecified atom stereocenters. The number of benzene rings is 1. The second-order valence-electron chi connectivity index (χ2n) is 4.35. The van der Waals surface area contributed by atoms with E-state index >= 15 is 0 Å². The molecule has 0 fully saturated rings. The van der Waals surface area contributed by atoms with Gasteiger partial charge < -0.3 is 15.7 Å². The van der Waals surface area contributed by atoms with E-state index in [-0.39, 0.29) is 18.7 Å². The molecular formula is C13H17N3O5. The molecule has 0 spiro atoms. The summed E-state index contributed by atoms with van der Waals surface area (Å²) in [5.74, 6) is -0.865. The first-order valence-corrected chi connectivity index (χ1v) is 6.46. The van der Waals surface area contributed by atoms with Gasteiger partial charge in [-0.15, -0.1) is 0 Å². The van der Waals surface area contributed by atoms with Gasteiger partial charge >= 0.3 is 12.0 Å². The van der Waals surface area contributed by atoms with Gasteiger partial charge in [-0.2, -0.15) is 0 Å². The van der Waals surface area contributed by atoms with Gasteiger partial charge in [0.15, 0.2) is 0 Å². The molecule has 3 N–H and O–H groups in total. The summed E-state index contributed by atoms with van der Waals surface area (Å²) in [6.07, 6.45) is 1.12. The molecule has 0 heterocycles. The Morgan fingerprint density at radius 1 is 1.19 bits per heavy atom. The monoisotopic (exact) mass is 295 g/mol. The van der Waals surface area contributed by atoms with E-state index in [2.05, 4.69) is 10.6 Å². The van der Waals surface area contributed by atoms with E-state index in [1.807, 2.05) is 0 Å². The second kappa shape index (κ2) is 8.51. The molecule has 0 aliphatic carbocycles. The van der Waals surface area contributed by atoms with Gasteiger partial charge in [-0.05, 0) is 12.8 Å². The van der Waals surface area contributed by atoms with Gasteiger partial charge in [0.05, 0.1) is 11.5 Å². The van der Waals surface area contributed by atoms with E-state index in [9.17, 15) is 19.7 Å². The van der Waals surface area contributed by atoms with Crippen LogP contribution < -0.4 is 10.6 Å². The highest BCUT2D eigenvalue weighted by Crippen LogP contribution is 2.16. The Bertz CT molecular complexity index is 518. The van der Waals surface area contributed by atoms with Crippen LogP contribution >= 0.6 is 0 Å². The van der Waals surface area contributed by atoms with Crippen molar-refractivity contribution < 1.29 is 19.6 Å². The highest BCUT2D eigenvalue weighted by Gasteiger charge is 2.12. The predicted molar refractivity (Wildman–Crippen MR) is 74.8 cm³/mol. The molecule has 21 heavy (non-hydrogen) atoms. The first-order chi connectivity index (χ1) is 10.0. The molecule has 0 aliphatic rings. The van der Waals surface area contributed by atoms with Crippen LogP contribution in [0, 0.1) is 10.1 Å². The van der Waals surface area contributed by atoms with Crippen LogP contribution in [0.5, 0.6) is 0 Å². The summed E-state index contributed by atoms with van der Waals surface area (Å²) in [6.45, 7) is 0.411. The number of urea groups is 1. The zero-order valence-electron chi connectivity index (χ0n) is 11.4. The average Bonchev–Trinajstić information content (AvgIpc) is 2.44. The van der Waals surface area contributed by atoms with Gasteiger partial charge in [-0.3, -0.25) is 14.9 Å². The molecule has 8 nitrogen and oxygen atoms in total. The van der Waals surface area contributed by atoms with Crippen LogP contribution in [0.25, 0.3) is 0 Å². The molecule has 8 heteroatoms. The minimum Gasteiger partial charge on any atom is -0.481 e. The van der Waals surface area contributed by atoms with Gasteiger partial charge in [0.25, 0.3) is 5.69 Å². The zero-order chi connectivity index (χ0) is 15.7. The number of nitrogens with zero attached hydrogens (tertiary/aromatic N) is 1. The Balaban J connectivity index is 2.30. The summed E-state index contributed by atoms with van der Waals surface area (Å²) in [5.41, 5.74) is 0.378. The number of carbonyl (C=O) groups excluding carboxylic acids is 1. The number of carboxylic acid groups (broad SMARTS) is 1. The zero-order valence-corrected chi connectivity index (χ0v) is 11.4. The second-order valence-corrected chi connectivity index (χ2v) is 4.35. The van der Waals surface area contributed by atoms with Crippen LogP contribution in [-0.4, -0.2) is 28.6 Å². The Morgan fingerprint density at radius 2 is 1.90 bits per heavy atom. The van der Waals surface area contributed by atoms with Gasteiger partial charge in [-0.25, -0.2) is 4.79 Å². The van der Waals surface area contributed by atoms with E-state index in [0.717, 1.165) is 0 Å². The maximum absolute atomic E-state index is 11.5. The predicted octanol–water partition coefficient (Wildman–Crippen LogP) is 1.65. The van der Waals surface area contributed by atoms with Crippen LogP contribution in [0.2, 0.25) is 0 Å². The number of para-hydroxylation sites is 1. The molecular weight excluding hydrogens is 278 g/mol. The summed E-state index contributed by atoms with van der Waals surface area (Å²) < 4.78 is 0. The average molecular weight is 295 g/mol. The molecule has 0 aromatic heterocycles. The van der Waals surface area contributed by atoms with Crippen molar-refractivity contribution in [2.75, 3.05) is 6.54 Å². The maximum atomic E-state index is 11.5. The smallest absolute Gasteiger partial charge is 0.315 e. The molecule has 0 saturated heterocycles. The van der Waals surface area contributed by atoms with E-state index in [0.29, 0.717) is 24.9 Å². The SMILES string of the molecule is O=C(O)CCCCNC(=O)NCc1ccccc1[N+](=O)[O-]. The van der Waals surface area contributed by atoms with Crippen LogP contribution in [0.4, 0.5) is 10.5 Å². The molecule has 0 saturated carbocycles. The third-order valence-corrected chi connectivity index (χ3v) is 2.73. The lowest BCUT2D eigenvalue weighted by Gasteiger charge is -2.07. The van der Waals surface area contributed by atoms with E-state index in [4.69, 9.17) is 5.11 Å². The summed E-state index contributed by atoms with van der Waals surface area (Å²) in [5, 5.41) is 24.3. The van der Waals surface area contributed by atoms with Gasteiger partial charge in [-0.1, -0.05) is 18.2 Å². The normalized spacial score (nSPS) is 9.90. The molecule has 0 bridgehead atoms. The number of carbonyl (C=O) groups is 2. The summed E-state index contributed by atoms with van der Waals surface area (Å²) in [6, 6.07) is 5.73. The largest absolute Gasteiger partial charge is 0.481 e. The van der Waals surface area contributed by atoms with Gasteiger partial charge in [0.1, 0.15) is 0 Å². The number of hydrogen-bond donors (Lipinski definition) is 3. The van der Waals surface area contributed by atoms with Crippen LogP contribution in [0.1, 0.15) is 24.8 Å². The molecule has 1 rings (SSSR count). The minimum absolute atomic E-state index is 0.0424. The number of nitrogens with one attached hydrogen (secondary N) is 2. The van der Waals surface area contributed by atoms with Crippen LogP contribution in [-0.2, 0) is 11.3 Å². The number of rotatable bonds is 8. The number of carboxylic acids is 1. The van der Waals surface area contributed by atoms with Crippen molar-refractivity contribution in [1.29, 1.82) is 0 Å². The minimum atomic E-state index is -0.865. The first-order valence-electron chi connectivity index (χ1n) is 6.46. The van der Waals surface area contributed by atoms with Gasteiger partial charge in [0, 0.05) is 24.6 Å². The van der Waals surface area contributed by atoms with Gasteiger partial charge in [0.2, 0.25) is 0 Å². The molecule has 2 amide bonds. The Labute approximate surface area is 121 Å². The number of nitro benzene ring substituents is 1. The topological polar surface area (TPSA) is 122 Å². The fourth-order valence-corrected chi connectivity index (χ4v) is 1.68. The standard InChI is InChI=1S/C13H17N3O5/c17-12(18)7-3-4-8-14-13(19)15-9-10-5-1-2-6-11(10)16(20)21/h1-2,5-6H,3-4,7-9H2,(H,17,18)(H2,14,15,19). The van der Waals surface area contributed by atoms with Crippen molar-refractivity contribution >= 4 is 17.7 Å². The van der Waals surface area contributed by atoms with Crippen LogP contribution in [0.15, 0.2) is 24.3 Å². The Kier molecular flexibility index (Phi) is 6.66. The molecule has 0 radical (unpaired) electrons. The fraction of sp³-hybridized carbons (Fsp3) is 0.385. The number of hydrogen-bond acceptors (Lipinski definition) is 4. The lowest BCUT2D eigenvalue weighted by atomic mass is 10.2. The highest BCUT2D eigenvalue weighted by atomic mass is 16.6. The first kappa shape index (κ1) is 16.4. The number of nitro groups is 1. The van der Waals surface area contributed by atoms with Crippen LogP contribution in [0.3, 0.4) is 0 Å². The number of amides is 2. The van der Waals surface area contributed by atoms with E-state index in [1.165, 1.54) is 6.07 Å². The Morgan fingerprint density at radius 3 is 2.57 bits per heavy atom. The molecule has 1 aromatic rings. The maximum Gasteiger partial charge on any atom is 0.315 e. The summed E-state index contributed by atoms with van der Waals surface area (Å²) in [7, 11) is 0. The van der Waals surface area contributed by atoms with Crippen molar-refractivity contribution in [1.82, 2.24) is 10.6 Å². The summed E-state index contributed by atoms with van der Waals surface area (Å²) in [4.78, 5) is 32.1. The quantitative estimate of drug-likeness (QED) is 0.382. The fourth-order valence-electron chi connectivity index (χ4n) is 1.68. The van der Waals surface area contributed by atoms with E-state index < -0.39 is 16.9 Å². The highest BCUT2D eigenvalue weighted by molar-refractivity contribution is 5.74. The van der Waals surface area contributed by atoms with E-state index in [1.54, 1.807) is 18.2 Å². The third-order valence-electron chi connectivity index (χ3n) is 2.73. The molecule has 114 valence electrons. The van der Waals surface area contributed by atoms with Crippen molar-refractivity contribution in [3.05, 3.63) is 39.9 Å². The Hall–Kier alpha value is -2.64. The molecule has 0 atom stereocenters. The van der Waals surface area contributed by atoms with Crippen molar-refractivity contribution in [2.45, 2.75) is 25.8 Å². The van der Waals surface area contributed by atoms with Crippen molar-refractivity contribution in [3.8, 4) is 0 Å². The summed E-state index contributed by atoms with van der Waals surface area (Å²) >= 11 is 0.